The topological polar surface area (TPSA) is 55.1 Å². The first-order valence-electron chi connectivity index (χ1n) is 7.57. The predicted molar refractivity (Wildman–Crippen MR) is 99.0 cm³/mol. The number of aryl methyl sites for hydroxylation is 1. The molecule has 0 aliphatic rings. The molecule has 1 N–H and O–H groups in total. The number of nitrogens with zero attached hydrogens (tertiary/aromatic N) is 1. The second-order valence-electron chi connectivity index (χ2n) is 5.58. The van der Waals surface area contributed by atoms with Crippen molar-refractivity contribution in [1.29, 1.82) is 0 Å². The van der Waals surface area contributed by atoms with Crippen molar-refractivity contribution in [2.75, 3.05) is 0 Å². The summed E-state index contributed by atoms with van der Waals surface area (Å²) in [5, 5.41) is 5.70. The zero-order valence-electron chi connectivity index (χ0n) is 13.4. The van der Waals surface area contributed by atoms with E-state index in [-0.39, 0.29) is 18.4 Å². The molecule has 24 heavy (non-hydrogen) atoms. The van der Waals surface area contributed by atoms with Gasteiger partial charge >= 0.3 is 0 Å². The number of halogens is 1. The van der Waals surface area contributed by atoms with Crippen LogP contribution in [0.15, 0.2) is 50.7 Å². The highest BCUT2D eigenvalue weighted by Gasteiger charge is 2.14. The quantitative estimate of drug-likeness (QED) is 0.657. The van der Waals surface area contributed by atoms with Gasteiger partial charge in [-0.05, 0) is 43.7 Å². The molecule has 1 atom stereocenters. The van der Waals surface area contributed by atoms with Gasteiger partial charge in [0.15, 0.2) is 10.8 Å². The highest BCUT2D eigenvalue weighted by atomic mass is 79.9. The zero-order chi connectivity index (χ0) is 17.1. The summed E-state index contributed by atoms with van der Waals surface area (Å²) in [6.07, 6.45) is 0.258. The van der Waals surface area contributed by atoms with Crippen molar-refractivity contribution in [1.82, 2.24) is 10.3 Å². The maximum Gasteiger partial charge on any atom is 0.226 e. The minimum Gasteiger partial charge on any atom is -0.459 e. The SMILES string of the molecule is Cc1ccc(-c2nc(CC(=O)N[C@H](C)c3cccc(Br)c3)cs2)o1. The summed E-state index contributed by atoms with van der Waals surface area (Å²) in [6, 6.07) is 11.7. The molecular formula is C18H17BrN2O2S. The van der Waals surface area contributed by atoms with Crippen molar-refractivity contribution < 1.29 is 9.21 Å². The lowest BCUT2D eigenvalue weighted by Crippen LogP contribution is -2.28. The van der Waals surface area contributed by atoms with E-state index in [0.717, 1.165) is 32.3 Å². The first-order chi connectivity index (χ1) is 11.5. The number of furan rings is 1. The first-order valence-corrected chi connectivity index (χ1v) is 9.24. The monoisotopic (exact) mass is 404 g/mol. The van der Waals surface area contributed by atoms with E-state index in [9.17, 15) is 4.79 Å². The molecule has 0 aliphatic carbocycles. The Morgan fingerprint density at radius 1 is 1.38 bits per heavy atom. The van der Waals surface area contributed by atoms with Crippen molar-refractivity contribution in [3.63, 3.8) is 0 Å². The molecule has 0 bridgehead atoms. The smallest absolute Gasteiger partial charge is 0.226 e. The molecule has 3 aromatic rings. The molecule has 0 saturated carbocycles. The van der Waals surface area contributed by atoms with E-state index in [1.165, 1.54) is 11.3 Å². The first kappa shape index (κ1) is 16.9. The summed E-state index contributed by atoms with van der Waals surface area (Å²) in [5.41, 5.74) is 1.81. The molecule has 3 rings (SSSR count). The number of aromatic nitrogens is 1. The van der Waals surface area contributed by atoms with E-state index in [1.807, 2.05) is 55.6 Å². The van der Waals surface area contributed by atoms with Crippen molar-refractivity contribution in [2.24, 2.45) is 0 Å². The number of rotatable bonds is 5. The highest BCUT2D eigenvalue weighted by molar-refractivity contribution is 9.10. The Balaban J connectivity index is 1.62. The van der Waals surface area contributed by atoms with Crippen LogP contribution in [-0.4, -0.2) is 10.9 Å². The number of amides is 1. The Morgan fingerprint density at radius 3 is 2.92 bits per heavy atom. The van der Waals surface area contributed by atoms with Crippen molar-refractivity contribution in [3.05, 3.63) is 63.3 Å². The molecular weight excluding hydrogens is 388 g/mol. The van der Waals surface area contributed by atoms with E-state index < -0.39 is 0 Å². The van der Waals surface area contributed by atoms with Gasteiger partial charge in [0, 0.05) is 9.85 Å². The van der Waals surface area contributed by atoms with Gasteiger partial charge in [0.1, 0.15) is 5.76 Å². The summed E-state index contributed by atoms with van der Waals surface area (Å²) in [6.45, 7) is 3.87. The second-order valence-corrected chi connectivity index (χ2v) is 7.35. The van der Waals surface area contributed by atoms with Crippen LogP contribution in [0.1, 0.15) is 30.0 Å². The highest BCUT2D eigenvalue weighted by Crippen LogP contribution is 2.26. The number of thiazole rings is 1. The molecule has 2 aromatic heterocycles. The fourth-order valence-electron chi connectivity index (χ4n) is 2.37. The lowest BCUT2D eigenvalue weighted by molar-refractivity contribution is -0.121. The number of hydrogen-bond acceptors (Lipinski definition) is 4. The molecule has 0 radical (unpaired) electrons. The van der Waals surface area contributed by atoms with Crippen LogP contribution >= 0.6 is 27.3 Å². The summed E-state index contributed by atoms with van der Waals surface area (Å²) in [5.74, 6) is 1.55. The number of hydrogen-bond donors (Lipinski definition) is 1. The molecule has 0 unspecified atom stereocenters. The Hall–Kier alpha value is -1.92. The maximum absolute atomic E-state index is 12.2. The summed E-state index contributed by atoms with van der Waals surface area (Å²) >= 11 is 4.93. The van der Waals surface area contributed by atoms with Crippen LogP contribution in [0, 0.1) is 6.92 Å². The molecule has 0 aliphatic heterocycles. The van der Waals surface area contributed by atoms with E-state index in [4.69, 9.17) is 4.42 Å². The van der Waals surface area contributed by atoms with Crippen LogP contribution in [0.4, 0.5) is 0 Å². The van der Waals surface area contributed by atoms with Gasteiger partial charge in [-0.2, -0.15) is 0 Å². The second kappa shape index (κ2) is 7.32. The average molecular weight is 405 g/mol. The van der Waals surface area contributed by atoms with Crippen LogP contribution in [0.2, 0.25) is 0 Å². The molecule has 1 amide bonds. The molecule has 124 valence electrons. The lowest BCUT2D eigenvalue weighted by atomic mass is 10.1. The standard InChI is InChI=1S/C18H17BrN2O2S/c1-11-6-7-16(23-11)18-21-15(10-24-18)9-17(22)20-12(2)13-4-3-5-14(19)8-13/h3-8,10,12H,9H2,1-2H3,(H,20,22)/t12-/m1/s1. The van der Waals surface area contributed by atoms with Crippen molar-refractivity contribution in [3.8, 4) is 10.8 Å². The minimum atomic E-state index is -0.0548. The minimum absolute atomic E-state index is 0.0463. The zero-order valence-corrected chi connectivity index (χ0v) is 15.8. The van der Waals surface area contributed by atoms with Crippen LogP contribution in [0.25, 0.3) is 10.8 Å². The Kier molecular flexibility index (Phi) is 5.16. The Bertz CT molecular complexity index is 856. The normalized spacial score (nSPS) is 12.1. The fourth-order valence-corrected chi connectivity index (χ4v) is 3.56. The molecule has 2 heterocycles. The van der Waals surface area contributed by atoms with Crippen LogP contribution in [0.3, 0.4) is 0 Å². The van der Waals surface area contributed by atoms with E-state index in [0.29, 0.717) is 0 Å². The lowest BCUT2D eigenvalue weighted by Gasteiger charge is -2.14. The van der Waals surface area contributed by atoms with Crippen molar-refractivity contribution >= 4 is 33.2 Å². The Morgan fingerprint density at radius 2 is 2.21 bits per heavy atom. The van der Waals surface area contributed by atoms with Crippen molar-refractivity contribution in [2.45, 2.75) is 26.3 Å². The molecule has 0 saturated heterocycles. The van der Waals surface area contributed by atoms with Gasteiger partial charge < -0.3 is 9.73 Å². The third kappa shape index (κ3) is 4.13. The van der Waals surface area contributed by atoms with Crippen LogP contribution in [0.5, 0.6) is 0 Å². The third-order valence-electron chi connectivity index (χ3n) is 3.57. The number of benzene rings is 1. The summed E-state index contributed by atoms with van der Waals surface area (Å²) in [4.78, 5) is 16.7. The van der Waals surface area contributed by atoms with Gasteiger partial charge in [0.25, 0.3) is 0 Å². The fraction of sp³-hybridized carbons (Fsp3) is 0.222. The molecule has 0 spiro atoms. The van der Waals surface area contributed by atoms with Gasteiger partial charge in [-0.1, -0.05) is 28.1 Å². The molecule has 4 nitrogen and oxygen atoms in total. The largest absolute Gasteiger partial charge is 0.459 e. The van der Waals surface area contributed by atoms with Crippen LogP contribution < -0.4 is 5.32 Å². The molecule has 0 fully saturated rings. The number of carbonyl (C=O) groups excluding carboxylic acids is 1. The van der Waals surface area contributed by atoms with Gasteiger partial charge in [-0.15, -0.1) is 11.3 Å². The van der Waals surface area contributed by atoms with E-state index in [2.05, 4.69) is 26.2 Å². The predicted octanol–water partition coefficient (Wildman–Crippen LogP) is 4.89. The summed E-state index contributed by atoms with van der Waals surface area (Å²) < 4.78 is 6.56. The van der Waals surface area contributed by atoms with Gasteiger partial charge in [0.05, 0.1) is 18.2 Å². The van der Waals surface area contributed by atoms with Gasteiger partial charge in [0.2, 0.25) is 5.91 Å². The molecule has 1 aromatic carbocycles. The van der Waals surface area contributed by atoms with E-state index >= 15 is 0 Å². The Labute approximate surface area is 153 Å². The van der Waals surface area contributed by atoms with Gasteiger partial charge in [-0.25, -0.2) is 4.98 Å². The van der Waals surface area contributed by atoms with E-state index in [1.54, 1.807) is 0 Å². The summed E-state index contributed by atoms with van der Waals surface area (Å²) in [7, 11) is 0. The number of nitrogens with one attached hydrogen (secondary N) is 1. The molecule has 6 heteroatoms. The maximum atomic E-state index is 12.2. The number of carbonyl (C=O) groups is 1. The average Bonchev–Trinajstić information content (AvgIpc) is 3.16. The third-order valence-corrected chi connectivity index (χ3v) is 4.97. The van der Waals surface area contributed by atoms with Crippen LogP contribution in [-0.2, 0) is 11.2 Å². The van der Waals surface area contributed by atoms with Gasteiger partial charge in [-0.3, -0.25) is 4.79 Å².